The number of rotatable bonds is 8. The Hall–Kier alpha value is -2.58. The van der Waals surface area contributed by atoms with Crippen LogP contribution in [0.15, 0.2) is 47.4 Å². The van der Waals surface area contributed by atoms with Gasteiger partial charge in [-0.15, -0.1) is 0 Å². The first-order valence-corrected chi connectivity index (χ1v) is 12.0. The van der Waals surface area contributed by atoms with Gasteiger partial charge in [-0.2, -0.15) is 0 Å². The smallest absolute Gasteiger partial charge is 0.260 e. The summed E-state index contributed by atoms with van der Waals surface area (Å²) in [5.74, 6) is 1.26. The maximum atomic E-state index is 12.7. The molecule has 0 aliphatic carbocycles. The van der Waals surface area contributed by atoms with Gasteiger partial charge in [-0.05, 0) is 75.1 Å². The van der Waals surface area contributed by atoms with Gasteiger partial charge in [-0.3, -0.25) is 4.79 Å². The van der Waals surface area contributed by atoms with E-state index >= 15 is 0 Å². The molecule has 0 unspecified atom stereocenters. The topological polar surface area (TPSA) is 84.9 Å². The Morgan fingerprint density at radius 2 is 1.74 bits per heavy atom. The molecule has 0 aromatic heterocycles. The van der Waals surface area contributed by atoms with Gasteiger partial charge in [0.05, 0.1) is 11.5 Å². The molecule has 2 aromatic carbocycles. The molecule has 0 spiro atoms. The number of nitrogens with zero attached hydrogens (tertiary/aromatic N) is 1. The predicted molar refractivity (Wildman–Crippen MR) is 119 cm³/mol. The van der Waals surface area contributed by atoms with Gasteiger partial charge in [0.1, 0.15) is 11.5 Å². The van der Waals surface area contributed by atoms with Gasteiger partial charge >= 0.3 is 0 Å². The molecule has 0 bridgehead atoms. The molecule has 0 atom stereocenters. The number of hydrogen-bond acceptors (Lipinski definition) is 5. The van der Waals surface area contributed by atoms with Crippen LogP contribution in [0.3, 0.4) is 0 Å². The number of hydrogen-bond donors (Lipinski definition) is 1. The number of amides is 1. The lowest BCUT2D eigenvalue weighted by Crippen LogP contribution is -2.47. The van der Waals surface area contributed by atoms with Crippen LogP contribution in [0.25, 0.3) is 0 Å². The highest BCUT2D eigenvalue weighted by atomic mass is 32.2. The van der Waals surface area contributed by atoms with Crippen molar-refractivity contribution in [1.29, 1.82) is 0 Å². The summed E-state index contributed by atoms with van der Waals surface area (Å²) in [6, 6.07) is 11.9. The van der Waals surface area contributed by atoms with Crippen LogP contribution in [0.5, 0.6) is 11.5 Å². The number of nitrogens with one attached hydrogen (secondary N) is 1. The number of benzene rings is 2. The van der Waals surface area contributed by atoms with E-state index in [1.165, 1.54) is 12.1 Å². The number of sulfonamides is 1. The van der Waals surface area contributed by atoms with Crippen molar-refractivity contribution in [2.75, 3.05) is 26.3 Å². The number of aryl methyl sites for hydroxylation is 1. The van der Waals surface area contributed by atoms with E-state index in [4.69, 9.17) is 9.47 Å². The molecule has 1 amide bonds. The summed E-state index contributed by atoms with van der Waals surface area (Å²) in [4.78, 5) is 14.5. The van der Waals surface area contributed by atoms with Crippen molar-refractivity contribution in [3.05, 3.63) is 53.6 Å². The third-order valence-corrected chi connectivity index (χ3v) is 7.06. The second-order valence-corrected chi connectivity index (χ2v) is 9.38. The van der Waals surface area contributed by atoms with Crippen molar-refractivity contribution < 1.29 is 22.7 Å². The number of likely N-dealkylation sites (tertiary alicyclic amines) is 1. The van der Waals surface area contributed by atoms with E-state index < -0.39 is 10.0 Å². The molecule has 7 nitrogen and oxygen atoms in total. The summed E-state index contributed by atoms with van der Waals surface area (Å²) in [6.07, 6.45) is 1.12. The zero-order valence-corrected chi connectivity index (χ0v) is 19.1. The lowest BCUT2D eigenvalue weighted by Gasteiger charge is -2.32. The lowest BCUT2D eigenvalue weighted by atomic mass is 10.1. The zero-order valence-electron chi connectivity index (χ0n) is 18.3. The number of carbonyl (C=O) groups excluding carboxylic acids is 1. The van der Waals surface area contributed by atoms with Crippen LogP contribution in [0.1, 0.15) is 30.9 Å². The largest absolute Gasteiger partial charge is 0.494 e. The predicted octanol–water partition coefficient (Wildman–Crippen LogP) is 3.05. The van der Waals surface area contributed by atoms with E-state index in [0.29, 0.717) is 44.0 Å². The number of ether oxygens (including phenoxy) is 2. The van der Waals surface area contributed by atoms with E-state index in [9.17, 15) is 13.2 Å². The van der Waals surface area contributed by atoms with Gasteiger partial charge in [0.2, 0.25) is 10.0 Å². The van der Waals surface area contributed by atoms with Crippen LogP contribution < -0.4 is 14.2 Å². The maximum absolute atomic E-state index is 12.7. The molecule has 8 heteroatoms. The Balaban J connectivity index is 1.49. The minimum Gasteiger partial charge on any atom is -0.494 e. The van der Waals surface area contributed by atoms with E-state index in [0.717, 1.165) is 11.1 Å². The molecule has 1 fully saturated rings. The summed E-state index contributed by atoms with van der Waals surface area (Å²) >= 11 is 0. The number of carbonyl (C=O) groups is 1. The van der Waals surface area contributed by atoms with Crippen molar-refractivity contribution in [3.8, 4) is 11.5 Å². The molecule has 1 N–H and O–H groups in total. The highest BCUT2D eigenvalue weighted by Gasteiger charge is 2.27. The Kier molecular flexibility index (Phi) is 7.56. The molecular weight excluding hydrogens is 416 g/mol. The van der Waals surface area contributed by atoms with Crippen LogP contribution in [0.2, 0.25) is 0 Å². The fourth-order valence-corrected chi connectivity index (χ4v) is 4.83. The normalized spacial score (nSPS) is 15.0. The van der Waals surface area contributed by atoms with Crippen LogP contribution in [0.4, 0.5) is 0 Å². The summed E-state index contributed by atoms with van der Waals surface area (Å²) in [7, 11) is -3.62. The maximum Gasteiger partial charge on any atom is 0.260 e. The highest BCUT2D eigenvalue weighted by Crippen LogP contribution is 2.21. The molecular formula is C23H30N2O5S. The lowest BCUT2D eigenvalue weighted by molar-refractivity contribution is -0.134. The quantitative estimate of drug-likeness (QED) is 0.674. The van der Waals surface area contributed by atoms with Gasteiger partial charge < -0.3 is 14.4 Å². The van der Waals surface area contributed by atoms with Gasteiger partial charge in [-0.1, -0.05) is 12.1 Å². The Morgan fingerprint density at radius 1 is 1.06 bits per heavy atom. The zero-order chi connectivity index (χ0) is 22.4. The average molecular weight is 447 g/mol. The van der Waals surface area contributed by atoms with E-state index in [2.05, 4.69) is 4.72 Å². The monoisotopic (exact) mass is 446 g/mol. The summed E-state index contributed by atoms with van der Waals surface area (Å²) < 4.78 is 39.1. The molecule has 3 rings (SSSR count). The molecule has 1 aliphatic rings. The van der Waals surface area contributed by atoms with E-state index in [-0.39, 0.29) is 23.5 Å². The highest BCUT2D eigenvalue weighted by molar-refractivity contribution is 7.89. The molecule has 2 aromatic rings. The fourth-order valence-electron chi connectivity index (χ4n) is 3.53. The second-order valence-electron chi connectivity index (χ2n) is 7.67. The van der Waals surface area contributed by atoms with Crippen LogP contribution >= 0.6 is 0 Å². The molecule has 168 valence electrons. The minimum atomic E-state index is -3.62. The molecule has 1 saturated heterocycles. The average Bonchev–Trinajstić information content (AvgIpc) is 2.75. The first-order valence-electron chi connectivity index (χ1n) is 10.5. The van der Waals surface area contributed by atoms with Crippen molar-refractivity contribution in [2.45, 2.75) is 44.6 Å². The number of piperidine rings is 1. The third-order valence-electron chi connectivity index (χ3n) is 5.52. The molecule has 1 heterocycles. The van der Waals surface area contributed by atoms with Crippen LogP contribution in [-0.2, 0) is 14.8 Å². The third kappa shape index (κ3) is 5.98. The van der Waals surface area contributed by atoms with E-state index in [1.54, 1.807) is 17.0 Å². The first-order chi connectivity index (χ1) is 14.8. The molecule has 31 heavy (non-hydrogen) atoms. The molecule has 0 saturated carbocycles. The Morgan fingerprint density at radius 3 is 2.39 bits per heavy atom. The van der Waals surface area contributed by atoms with Gasteiger partial charge in [-0.25, -0.2) is 13.1 Å². The van der Waals surface area contributed by atoms with Crippen LogP contribution in [-0.4, -0.2) is 51.6 Å². The van der Waals surface area contributed by atoms with E-state index in [1.807, 2.05) is 39.0 Å². The molecule has 1 aliphatic heterocycles. The standard InChI is InChI=1S/C23H30N2O5S/c1-4-29-20-8-10-21(11-9-20)31(27,28)24-19-12-14-25(15-13-19)23(26)16-30-22-7-5-6-17(2)18(22)3/h5-11,19,24H,4,12-16H2,1-3H3. The summed E-state index contributed by atoms with van der Waals surface area (Å²) in [5.41, 5.74) is 2.14. The van der Waals surface area contributed by atoms with Crippen molar-refractivity contribution >= 4 is 15.9 Å². The molecule has 0 radical (unpaired) electrons. The first kappa shape index (κ1) is 23.1. The van der Waals surface area contributed by atoms with Crippen molar-refractivity contribution in [3.63, 3.8) is 0 Å². The Labute approximate surface area is 184 Å². The summed E-state index contributed by atoms with van der Waals surface area (Å²) in [5, 5.41) is 0. The minimum absolute atomic E-state index is 0.0210. The van der Waals surface area contributed by atoms with Gasteiger partial charge in [0.25, 0.3) is 5.91 Å². The van der Waals surface area contributed by atoms with Gasteiger partial charge in [0, 0.05) is 19.1 Å². The van der Waals surface area contributed by atoms with Crippen molar-refractivity contribution in [2.24, 2.45) is 0 Å². The SMILES string of the molecule is CCOc1ccc(S(=O)(=O)NC2CCN(C(=O)COc3cccc(C)c3C)CC2)cc1. The second kappa shape index (κ2) is 10.2. The van der Waals surface area contributed by atoms with Gasteiger partial charge in [0.15, 0.2) is 6.61 Å². The van der Waals surface area contributed by atoms with Crippen molar-refractivity contribution in [1.82, 2.24) is 9.62 Å². The fraction of sp³-hybridized carbons (Fsp3) is 0.435. The Bertz CT molecular complexity index is 997. The summed E-state index contributed by atoms with van der Waals surface area (Å²) in [6.45, 7) is 7.33. The van der Waals surface area contributed by atoms with Crippen LogP contribution in [0, 0.1) is 13.8 Å².